The van der Waals surface area contributed by atoms with Gasteiger partial charge in [0.25, 0.3) is 5.91 Å². The molecule has 1 aromatic rings. The summed E-state index contributed by atoms with van der Waals surface area (Å²) in [6.07, 6.45) is 0. The van der Waals surface area contributed by atoms with Crippen LogP contribution in [0.4, 0.5) is 0 Å². The molecule has 18 heavy (non-hydrogen) atoms. The Morgan fingerprint density at radius 2 is 1.78 bits per heavy atom. The Bertz CT molecular complexity index is 430. The van der Waals surface area contributed by atoms with Crippen LogP contribution in [0.15, 0.2) is 24.3 Å². The SMILES string of the molecule is Cc1ccccc1C(C)(C)CNC(=O)C(C)(C)O. The summed E-state index contributed by atoms with van der Waals surface area (Å²) >= 11 is 0. The van der Waals surface area contributed by atoms with Gasteiger partial charge in [-0.3, -0.25) is 4.79 Å². The lowest BCUT2D eigenvalue weighted by Crippen LogP contribution is -2.46. The zero-order valence-corrected chi connectivity index (χ0v) is 11.9. The molecule has 2 N–H and O–H groups in total. The van der Waals surface area contributed by atoms with E-state index < -0.39 is 5.60 Å². The highest BCUT2D eigenvalue weighted by Gasteiger charge is 2.27. The molecule has 1 amide bonds. The molecule has 0 aromatic heterocycles. The first-order valence-corrected chi connectivity index (χ1v) is 6.21. The first-order chi connectivity index (χ1) is 8.14. The number of aryl methyl sites for hydroxylation is 1. The van der Waals surface area contributed by atoms with Gasteiger partial charge in [0.05, 0.1) is 0 Å². The van der Waals surface area contributed by atoms with Gasteiger partial charge < -0.3 is 10.4 Å². The van der Waals surface area contributed by atoms with Gasteiger partial charge in [-0.2, -0.15) is 0 Å². The quantitative estimate of drug-likeness (QED) is 0.859. The average Bonchev–Trinajstić information content (AvgIpc) is 2.25. The normalized spacial score (nSPS) is 12.3. The van der Waals surface area contributed by atoms with Crippen LogP contribution in [-0.2, 0) is 10.2 Å². The number of amides is 1. The zero-order chi connectivity index (χ0) is 14.0. The number of nitrogens with one attached hydrogen (secondary N) is 1. The van der Waals surface area contributed by atoms with Crippen LogP contribution in [0, 0.1) is 6.92 Å². The van der Waals surface area contributed by atoms with Crippen molar-refractivity contribution in [3.8, 4) is 0 Å². The van der Waals surface area contributed by atoms with Crippen LogP contribution in [0.25, 0.3) is 0 Å². The third kappa shape index (κ3) is 3.57. The topological polar surface area (TPSA) is 49.3 Å². The first-order valence-electron chi connectivity index (χ1n) is 6.21. The lowest BCUT2D eigenvalue weighted by molar-refractivity contribution is -0.136. The maximum Gasteiger partial charge on any atom is 0.251 e. The molecule has 0 fully saturated rings. The zero-order valence-electron chi connectivity index (χ0n) is 11.9. The van der Waals surface area contributed by atoms with E-state index in [0.717, 1.165) is 0 Å². The molecular weight excluding hydrogens is 226 g/mol. The fraction of sp³-hybridized carbons (Fsp3) is 0.533. The monoisotopic (exact) mass is 249 g/mol. The smallest absolute Gasteiger partial charge is 0.251 e. The molecule has 0 heterocycles. The van der Waals surface area contributed by atoms with Crippen molar-refractivity contribution in [2.45, 2.75) is 45.6 Å². The van der Waals surface area contributed by atoms with E-state index in [4.69, 9.17) is 0 Å². The Morgan fingerprint density at radius 3 is 2.28 bits per heavy atom. The van der Waals surface area contributed by atoms with Crippen LogP contribution in [0.3, 0.4) is 0 Å². The molecule has 0 aliphatic heterocycles. The molecule has 0 saturated heterocycles. The lowest BCUT2D eigenvalue weighted by Gasteiger charge is -2.29. The van der Waals surface area contributed by atoms with E-state index in [1.54, 1.807) is 0 Å². The Morgan fingerprint density at radius 1 is 1.22 bits per heavy atom. The van der Waals surface area contributed by atoms with E-state index in [9.17, 15) is 9.90 Å². The van der Waals surface area contributed by atoms with Crippen molar-refractivity contribution in [1.29, 1.82) is 0 Å². The minimum atomic E-state index is -1.33. The van der Waals surface area contributed by atoms with Gasteiger partial charge in [0.1, 0.15) is 5.60 Å². The van der Waals surface area contributed by atoms with Gasteiger partial charge in [0, 0.05) is 12.0 Å². The van der Waals surface area contributed by atoms with Gasteiger partial charge in [0.2, 0.25) is 0 Å². The van der Waals surface area contributed by atoms with Crippen LogP contribution < -0.4 is 5.32 Å². The van der Waals surface area contributed by atoms with Crippen LogP contribution in [0.5, 0.6) is 0 Å². The Labute approximate surface area is 109 Å². The maximum atomic E-state index is 11.7. The summed E-state index contributed by atoms with van der Waals surface area (Å²) in [5, 5.41) is 12.4. The fourth-order valence-corrected chi connectivity index (χ4v) is 1.95. The summed E-state index contributed by atoms with van der Waals surface area (Å²) in [6, 6.07) is 8.15. The van der Waals surface area contributed by atoms with Gasteiger partial charge in [0.15, 0.2) is 0 Å². The van der Waals surface area contributed by atoms with E-state index in [2.05, 4.69) is 38.2 Å². The number of hydrogen-bond donors (Lipinski definition) is 2. The average molecular weight is 249 g/mol. The molecule has 0 radical (unpaired) electrons. The highest BCUT2D eigenvalue weighted by Crippen LogP contribution is 2.25. The summed E-state index contributed by atoms with van der Waals surface area (Å²) in [7, 11) is 0. The van der Waals surface area contributed by atoms with Gasteiger partial charge in [-0.05, 0) is 31.9 Å². The molecule has 100 valence electrons. The molecule has 3 nitrogen and oxygen atoms in total. The van der Waals surface area contributed by atoms with Crippen molar-refractivity contribution < 1.29 is 9.90 Å². The van der Waals surface area contributed by atoms with Gasteiger partial charge in [-0.1, -0.05) is 38.1 Å². The standard InChI is InChI=1S/C15H23NO2/c1-11-8-6-7-9-12(11)14(2,3)10-16-13(17)15(4,5)18/h6-9,18H,10H2,1-5H3,(H,16,17). The predicted octanol–water partition coefficient (Wildman–Crippen LogP) is 2.16. The number of hydrogen-bond acceptors (Lipinski definition) is 2. The maximum absolute atomic E-state index is 11.7. The number of carbonyl (C=O) groups is 1. The minimum Gasteiger partial charge on any atom is -0.381 e. The molecule has 0 spiro atoms. The molecule has 3 heteroatoms. The van der Waals surface area contributed by atoms with Crippen LogP contribution in [0.2, 0.25) is 0 Å². The second kappa shape index (κ2) is 5.11. The predicted molar refractivity (Wildman–Crippen MR) is 73.5 cm³/mol. The fourth-order valence-electron chi connectivity index (χ4n) is 1.95. The van der Waals surface area contributed by atoms with Crippen LogP contribution in [-0.4, -0.2) is 23.2 Å². The molecule has 1 rings (SSSR count). The first kappa shape index (κ1) is 14.7. The third-order valence-electron chi connectivity index (χ3n) is 3.12. The Kier molecular flexibility index (Phi) is 4.17. The molecule has 0 atom stereocenters. The van der Waals surface area contributed by atoms with Gasteiger partial charge >= 0.3 is 0 Å². The molecule has 0 bridgehead atoms. The molecule has 0 saturated carbocycles. The van der Waals surface area contributed by atoms with Gasteiger partial charge in [-0.25, -0.2) is 0 Å². The van der Waals surface area contributed by atoms with E-state index in [1.807, 2.05) is 12.1 Å². The molecule has 1 aromatic carbocycles. The largest absolute Gasteiger partial charge is 0.381 e. The lowest BCUT2D eigenvalue weighted by atomic mass is 9.82. The van der Waals surface area contributed by atoms with Crippen molar-refractivity contribution in [2.24, 2.45) is 0 Å². The molecular formula is C15H23NO2. The van der Waals surface area contributed by atoms with Crippen molar-refractivity contribution in [1.82, 2.24) is 5.32 Å². The van der Waals surface area contributed by atoms with E-state index >= 15 is 0 Å². The number of carbonyl (C=O) groups excluding carboxylic acids is 1. The van der Waals surface area contributed by atoms with Crippen LogP contribution >= 0.6 is 0 Å². The molecule has 0 aliphatic rings. The van der Waals surface area contributed by atoms with Gasteiger partial charge in [-0.15, -0.1) is 0 Å². The summed E-state index contributed by atoms with van der Waals surface area (Å²) in [5.74, 6) is -0.343. The highest BCUT2D eigenvalue weighted by atomic mass is 16.3. The number of rotatable bonds is 4. The number of benzene rings is 1. The molecule has 0 unspecified atom stereocenters. The highest BCUT2D eigenvalue weighted by molar-refractivity contribution is 5.83. The van der Waals surface area contributed by atoms with E-state index in [0.29, 0.717) is 6.54 Å². The summed E-state index contributed by atoms with van der Waals surface area (Å²) in [6.45, 7) is 9.71. The second-order valence-electron chi connectivity index (χ2n) is 5.94. The third-order valence-corrected chi connectivity index (χ3v) is 3.12. The molecule has 0 aliphatic carbocycles. The second-order valence-corrected chi connectivity index (χ2v) is 5.94. The van der Waals surface area contributed by atoms with Crippen molar-refractivity contribution in [3.63, 3.8) is 0 Å². The van der Waals surface area contributed by atoms with E-state index in [-0.39, 0.29) is 11.3 Å². The summed E-state index contributed by atoms with van der Waals surface area (Å²) in [4.78, 5) is 11.7. The number of aliphatic hydroxyl groups is 1. The van der Waals surface area contributed by atoms with E-state index in [1.165, 1.54) is 25.0 Å². The van der Waals surface area contributed by atoms with Crippen LogP contribution in [0.1, 0.15) is 38.8 Å². The van der Waals surface area contributed by atoms with Crippen molar-refractivity contribution in [3.05, 3.63) is 35.4 Å². The Balaban J connectivity index is 2.78. The van der Waals surface area contributed by atoms with Crippen molar-refractivity contribution >= 4 is 5.91 Å². The summed E-state index contributed by atoms with van der Waals surface area (Å²) < 4.78 is 0. The van der Waals surface area contributed by atoms with Crippen molar-refractivity contribution in [2.75, 3.05) is 6.54 Å². The Hall–Kier alpha value is -1.35. The minimum absolute atomic E-state index is 0.160. The summed E-state index contributed by atoms with van der Waals surface area (Å²) in [5.41, 5.74) is 0.926.